The highest BCUT2D eigenvalue weighted by Crippen LogP contribution is 2.25. The van der Waals surface area contributed by atoms with Crippen LogP contribution in [0.1, 0.15) is 43.6 Å². The summed E-state index contributed by atoms with van der Waals surface area (Å²) < 4.78 is 0. The van der Waals surface area contributed by atoms with Crippen molar-refractivity contribution in [2.45, 2.75) is 19.4 Å². The fourth-order valence-electron chi connectivity index (χ4n) is 3.07. The van der Waals surface area contributed by atoms with Crippen LogP contribution in [-0.4, -0.2) is 53.7 Å². The number of amides is 3. The second-order valence-electron chi connectivity index (χ2n) is 6.76. The average molecular weight is 402 g/mol. The van der Waals surface area contributed by atoms with Gasteiger partial charge >= 0.3 is 0 Å². The Hall–Kier alpha value is -2.70. The summed E-state index contributed by atoms with van der Waals surface area (Å²) in [6.45, 7) is 2.51. The van der Waals surface area contributed by atoms with Crippen LogP contribution in [0.3, 0.4) is 0 Å². The van der Waals surface area contributed by atoms with Crippen molar-refractivity contribution in [1.29, 1.82) is 0 Å². The van der Waals surface area contributed by atoms with Gasteiger partial charge < -0.3 is 10.6 Å². The van der Waals surface area contributed by atoms with E-state index in [1.54, 1.807) is 19.2 Å². The molecule has 0 saturated carbocycles. The van der Waals surface area contributed by atoms with Gasteiger partial charge in [-0.15, -0.1) is 12.4 Å². The summed E-state index contributed by atoms with van der Waals surface area (Å²) in [6.07, 6.45) is 0.592. The number of rotatable bonds is 6. The summed E-state index contributed by atoms with van der Waals surface area (Å²) >= 11 is 0. The van der Waals surface area contributed by atoms with Gasteiger partial charge in [-0.2, -0.15) is 0 Å². The number of hydrogen-bond donors (Lipinski definition) is 1. The third kappa shape index (κ3) is 4.08. The molecule has 7 heteroatoms. The molecule has 2 N–H and O–H groups in total. The van der Waals surface area contributed by atoms with E-state index >= 15 is 0 Å². The van der Waals surface area contributed by atoms with Crippen LogP contribution in [0.4, 0.5) is 0 Å². The molecule has 1 atom stereocenters. The third-order valence-electron chi connectivity index (χ3n) is 5.01. The van der Waals surface area contributed by atoms with Gasteiger partial charge in [-0.1, -0.05) is 30.3 Å². The van der Waals surface area contributed by atoms with Gasteiger partial charge in [0.25, 0.3) is 17.7 Å². The number of carbonyl (C=O) groups is 3. The number of hydrogen-bond acceptors (Lipinski definition) is 4. The molecule has 1 unspecified atom stereocenters. The zero-order chi connectivity index (χ0) is 19.6. The molecule has 0 saturated heterocycles. The monoisotopic (exact) mass is 401 g/mol. The first-order valence-electron chi connectivity index (χ1n) is 8.95. The minimum absolute atomic E-state index is 0. The molecule has 0 bridgehead atoms. The van der Waals surface area contributed by atoms with Crippen molar-refractivity contribution in [1.82, 2.24) is 9.80 Å². The Balaban J connectivity index is 0.00000280. The number of imide groups is 1. The normalized spacial score (nSPS) is 13.8. The first-order valence-corrected chi connectivity index (χ1v) is 8.95. The van der Waals surface area contributed by atoms with E-state index in [2.05, 4.69) is 0 Å². The average Bonchev–Trinajstić information content (AvgIpc) is 2.95. The van der Waals surface area contributed by atoms with Crippen LogP contribution in [0.15, 0.2) is 48.5 Å². The van der Waals surface area contributed by atoms with Crippen molar-refractivity contribution < 1.29 is 14.4 Å². The predicted octanol–water partition coefficient (Wildman–Crippen LogP) is 2.37. The summed E-state index contributed by atoms with van der Waals surface area (Å²) in [5.41, 5.74) is 7.69. The van der Waals surface area contributed by atoms with E-state index in [1.807, 2.05) is 37.3 Å². The van der Waals surface area contributed by atoms with Gasteiger partial charge in [0.05, 0.1) is 11.1 Å². The maximum Gasteiger partial charge on any atom is 0.261 e. The van der Waals surface area contributed by atoms with Gasteiger partial charge in [0, 0.05) is 31.7 Å². The highest BCUT2D eigenvalue weighted by molar-refractivity contribution is 6.22. The van der Waals surface area contributed by atoms with Crippen LogP contribution < -0.4 is 5.73 Å². The summed E-state index contributed by atoms with van der Waals surface area (Å²) in [5, 5.41) is 0. The maximum absolute atomic E-state index is 12.7. The van der Waals surface area contributed by atoms with E-state index < -0.39 is 0 Å². The lowest BCUT2D eigenvalue weighted by Gasteiger charge is -2.23. The quantitative estimate of drug-likeness (QED) is 0.753. The van der Waals surface area contributed by atoms with Crippen LogP contribution in [0.25, 0.3) is 0 Å². The maximum atomic E-state index is 12.7. The lowest BCUT2D eigenvalue weighted by molar-refractivity contribution is 0.0655. The van der Waals surface area contributed by atoms with E-state index in [0.717, 1.165) is 5.56 Å². The molecule has 1 aliphatic rings. The van der Waals surface area contributed by atoms with Crippen LogP contribution in [-0.2, 0) is 6.42 Å². The zero-order valence-corrected chi connectivity index (χ0v) is 16.7. The molecule has 0 radical (unpaired) electrons. The van der Waals surface area contributed by atoms with Crippen LogP contribution in [0.5, 0.6) is 0 Å². The van der Waals surface area contributed by atoms with Crippen molar-refractivity contribution >= 4 is 30.1 Å². The van der Waals surface area contributed by atoms with E-state index in [1.165, 1.54) is 15.9 Å². The molecule has 0 aliphatic carbocycles. The molecule has 3 rings (SSSR count). The van der Waals surface area contributed by atoms with Crippen molar-refractivity contribution in [2.24, 2.45) is 5.73 Å². The highest BCUT2D eigenvalue weighted by atomic mass is 35.5. The molecule has 2 aromatic rings. The molecule has 148 valence electrons. The Kier molecular flexibility index (Phi) is 6.94. The van der Waals surface area contributed by atoms with Gasteiger partial charge in [-0.25, -0.2) is 0 Å². The third-order valence-corrected chi connectivity index (χ3v) is 5.01. The minimum atomic E-state index is -0.352. The number of carbonyl (C=O) groups excluding carboxylic acids is 3. The Morgan fingerprint density at radius 2 is 1.71 bits per heavy atom. The Labute approximate surface area is 170 Å². The number of nitrogens with two attached hydrogens (primary N) is 1. The van der Waals surface area contributed by atoms with Gasteiger partial charge in [0.15, 0.2) is 0 Å². The fourth-order valence-corrected chi connectivity index (χ4v) is 3.07. The molecule has 1 heterocycles. The van der Waals surface area contributed by atoms with E-state index in [-0.39, 0.29) is 41.7 Å². The number of likely N-dealkylation sites (N-methyl/N-ethyl adjacent to an activating group) is 1. The summed E-state index contributed by atoms with van der Waals surface area (Å²) in [5.74, 6) is -0.887. The standard InChI is InChI=1S/C21H23N3O3.ClH/c1-14(13-22)23(2)19(25)16-8-9-17-18(12-16)21(27)24(20(17)26)11-10-15-6-4-3-5-7-15;/h3-9,12,14H,10-11,13,22H2,1-2H3;1H. The van der Waals surface area contributed by atoms with Crippen LogP contribution >= 0.6 is 12.4 Å². The van der Waals surface area contributed by atoms with E-state index in [0.29, 0.717) is 30.6 Å². The van der Waals surface area contributed by atoms with Gasteiger partial charge in [-0.05, 0) is 37.1 Å². The minimum Gasteiger partial charge on any atom is -0.338 e. The van der Waals surface area contributed by atoms with E-state index in [4.69, 9.17) is 5.73 Å². The second kappa shape index (κ2) is 8.99. The smallest absolute Gasteiger partial charge is 0.261 e. The molecule has 3 amide bonds. The predicted molar refractivity (Wildman–Crippen MR) is 110 cm³/mol. The lowest BCUT2D eigenvalue weighted by atomic mass is 10.0. The van der Waals surface area contributed by atoms with Gasteiger partial charge in [-0.3, -0.25) is 19.3 Å². The molecule has 0 aromatic heterocycles. The van der Waals surface area contributed by atoms with Gasteiger partial charge in [0.2, 0.25) is 0 Å². The SMILES string of the molecule is CC(CN)N(C)C(=O)c1ccc2c(c1)C(=O)N(CCc1ccccc1)C2=O.Cl. The lowest BCUT2D eigenvalue weighted by Crippen LogP contribution is -2.39. The summed E-state index contributed by atoms with van der Waals surface area (Å²) in [7, 11) is 1.67. The Morgan fingerprint density at radius 1 is 1.07 bits per heavy atom. The summed E-state index contributed by atoms with van der Waals surface area (Å²) in [6, 6.07) is 14.2. The molecule has 1 aliphatic heterocycles. The first kappa shape index (κ1) is 21.6. The van der Waals surface area contributed by atoms with Crippen LogP contribution in [0, 0.1) is 0 Å². The Morgan fingerprint density at radius 3 is 2.36 bits per heavy atom. The molecule has 28 heavy (non-hydrogen) atoms. The largest absolute Gasteiger partial charge is 0.338 e. The van der Waals surface area contributed by atoms with Crippen molar-refractivity contribution in [2.75, 3.05) is 20.1 Å². The summed E-state index contributed by atoms with van der Waals surface area (Å²) in [4.78, 5) is 40.7. The fraction of sp³-hybridized carbons (Fsp3) is 0.286. The first-order chi connectivity index (χ1) is 12.9. The van der Waals surface area contributed by atoms with Crippen molar-refractivity contribution in [3.05, 3.63) is 70.8 Å². The van der Waals surface area contributed by atoms with Gasteiger partial charge in [0.1, 0.15) is 0 Å². The zero-order valence-electron chi connectivity index (χ0n) is 15.9. The molecular weight excluding hydrogens is 378 g/mol. The Bertz CT molecular complexity index is 886. The molecule has 0 fully saturated rings. The van der Waals surface area contributed by atoms with Crippen LogP contribution in [0.2, 0.25) is 0 Å². The molecule has 0 spiro atoms. The highest BCUT2D eigenvalue weighted by Gasteiger charge is 2.36. The molecular formula is C21H24ClN3O3. The number of nitrogens with zero attached hydrogens (tertiary/aromatic N) is 2. The molecule has 2 aromatic carbocycles. The van der Waals surface area contributed by atoms with E-state index in [9.17, 15) is 14.4 Å². The second-order valence-corrected chi connectivity index (χ2v) is 6.76. The topological polar surface area (TPSA) is 83.7 Å². The van der Waals surface area contributed by atoms with Crippen molar-refractivity contribution in [3.63, 3.8) is 0 Å². The molecule has 6 nitrogen and oxygen atoms in total. The number of benzene rings is 2. The number of fused-ring (bicyclic) bond motifs is 1. The number of halogens is 1. The van der Waals surface area contributed by atoms with Crippen molar-refractivity contribution in [3.8, 4) is 0 Å².